The van der Waals surface area contributed by atoms with Gasteiger partial charge < -0.3 is 5.32 Å². The van der Waals surface area contributed by atoms with Crippen LogP contribution in [-0.4, -0.2) is 30.9 Å². The van der Waals surface area contributed by atoms with Crippen molar-refractivity contribution in [1.82, 2.24) is 0 Å². The number of benzene rings is 1. The minimum atomic E-state index is -3.11. The highest BCUT2D eigenvalue weighted by Crippen LogP contribution is 2.31. The number of nitrogens with one attached hydrogen (secondary N) is 1. The first-order valence-corrected chi connectivity index (χ1v) is 8.45. The van der Waals surface area contributed by atoms with Gasteiger partial charge in [0, 0.05) is 29.6 Å². The Labute approximate surface area is 118 Å². The number of nitro groups is 1. The third-order valence-electron chi connectivity index (χ3n) is 3.85. The van der Waals surface area contributed by atoms with Crippen LogP contribution in [0.2, 0.25) is 0 Å². The Kier molecular flexibility index (Phi) is 3.99. The van der Waals surface area contributed by atoms with Gasteiger partial charge in [-0.2, -0.15) is 0 Å². The molecule has 0 heterocycles. The predicted octanol–water partition coefficient (Wildman–Crippen LogP) is 2.28. The van der Waals surface area contributed by atoms with E-state index in [1.165, 1.54) is 12.3 Å². The number of anilines is 1. The number of hydrogen-bond donors (Lipinski definition) is 1. The second kappa shape index (κ2) is 5.40. The van der Waals surface area contributed by atoms with Crippen molar-refractivity contribution in [2.45, 2.75) is 37.5 Å². The van der Waals surface area contributed by atoms with Crippen LogP contribution in [0.15, 0.2) is 18.2 Å². The van der Waals surface area contributed by atoms with E-state index < -0.39 is 20.0 Å². The largest absolute Gasteiger partial charge is 0.381 e. The van der Waals surface area contributed by atoms with Crippen molar-refractivity contribution in [3.8, 4) is 0 Å². The highest BCUT2D eigenvalue weighted by Gasteiger charge is 2.35. The Balaban J connectivity index is 2.27. The van der Waals surface area contributed by atoms with Crippen molar-refractivity contribution >= 4 is 21.2 Å². The Bertz CT molecular complexity index is 627. The summed E-state index contributed by atoms with van der Waals surface area (Å²) in [5.74, 6) is 0. The van der Waals surface area contributed by atoms with Crippen LogP contribution < -0.4 is 5.32 Å². The van der Waals surface area contributed by atoms with Gasteiger partial charge in [-0.25, -0.2) is 8.42 Å². The molecular formula is C13H18N2O4S. The summed E-state index contributed by atoms with van der Waals surface area (Å²) < 4.78 is 23.5. The molecule has 2 rings (SSSR count). The summed E-state index contributed by atoms with van der Waals surface area (Å²) in [6.07, 6.45) is 3.51. The number of nitrogens with zero attached hydrogens (tertiary/aromatic N) is 1. The molecule has 1 aliphatic carbocycles. The predicted molar refractivity (Wildman–Crippen MR) is 77.7 cm³/mol. The van der Waals surface area contributed by atoms with E-state index in [1.807, 2.05) is 0 Å². The van der Waals surface area contributed by atoms with Crippen LogP contribution in [0.5, 0.6) is 0 Å². The maximum absolute atomic E-state index is 11.7. The van der Waals surface area contributed by atoms with Gasteiger partial charge in [-0.3, -0.25) is 10.1 Å². The van der Waals surface area contributed by atoms with Crippen molar-refractivity contribution in [2.75, 3.05) is 11.6 Å². The summed E-state index contributed by atoms with van der Waals surface area (Å²) in [7, 11) is -3.11. The monoisotopic (exact) mass is 298 g/mol. The van der Waals surface area contributed by atoms with E-state index in [0.29, 0.717) is 17.7 Å². The highest BCUT2D eigenvalue weighted by atomic mass is 32.2. The van der Waals surface area contributed by atoms with Crippen LogP contribution in [0.1, 0.15) is 24.8 Å². The van der Waals surface area contributed by atoms with E-state index in [1.54, 1.807) is 19.1 Å². The van der Waals surface area contributed by atoms with Gasteiger partial charge in [0.15, 0.2) is 9.84 Å². The first kappa shape index (κ1) is 14.8. The SMILES string of the molecule is Cc1c(NC2CCCC2S(C)(=O)=O)cccc1[N+](=O)[O-]. The molecule has 7 heteroatoms. The molecule has 0 saturated heterocycles. The lowest BCUT2D eigenvalue weighted by Gasteiger charge is -2.21. The fourth-order valence-corrected chi connectivity index (χ4v) is 4.18. The fraction of sp³-hybridized carbons (Fsp3) is 0.538. The van der Waals surface area contributed by atoms with Crippen molar-refractivity contribution in [2.24, 2.45) is 0 Å². The van der Waals surface area contributed by atoms with E-state index in [9.17, 15) is 18.5 Å². The van der Waals surface area contributed by atoms with Crippen molar-refractivity contribution in [3.05, 3.63) is 33.9 Å². The van der Waals surface area contributed by atoms with Gasteiger partial charge in [-0.15, -0.1) is 0 Å². The molecule has 0 spiro atoms. The second-order valence-electron chi connectivity index (χ2n) is 5.26. The van der Waals surface area contributed by atoms with Gasteiger partial charge in [-0.05, 0) is 32.3 Å². The fourth-order valence-electron chi connectivity index (χ4n) is 2.78. The van der Waals surface area contributed by atoms with Gasteiger partial charge in [0.05, 0.1) is 10.2 Å². The van der Waals surface area contributed by atoms with Gasteiger partial charge in [-0.1, -0.05) is 6.07 Å². The third-order valence-corrected chi connectivity index (χ3v) is 5.51. The average molecular weight is 298 g/mol. The van der Waals surface area contributed by atoms with Gasteiger partial charge >= 0.3 is 0 Å². The van der Waals surface area contributed by atoms with E-state index in [2.05, 4.69) is 5.32 Å². The van der Waals surface area contributed by atoms with Gasteiger partial charge in [0.25, 0.3) is 5.69 Å². The Morgan fingerprint density at radius 1 is 1.35 bits per heavy atom. The molecule has 1 aromatic carbocycles. The number of hydrogen-bond acceptors (Lipinski definition) is 5. The summed E-state index contributed by atoms with van der Waals surface area (Å²) in [5, 5.41) is 13.7. The van der Waals surface area contributed by atoms with Gasteiger partial charge in [0.2, 0.25) is 0 Å². The first-order valence-electron chi connectivity index (χ1n) is 6.50. The van der Waals surface area contributed by atoms with E-state index in [4.69, 9.17) is 0 Å². The Hall–Kier alpha value is -1.63. The molecule has 1 fully saturated rings. The van der Waals surface area contributed by atoms with Crippen LogP contribution in [0, 0.1) is 17.0 Å². The van der Waals surface area contributed by atoms with Crippen LogP contribution in [0.4, 0.5) is 11.4 Å². The average Bonchev–Trinajstić information content (AvgIpc) is 2.79. The lowest BCUT2D eigenvalue weighted by Crippen LogP contribution is -2.34. The second-order valence-corrected chi connectivity index (χ2v) is 7.52. The summed E-state index contributed by atoms with van der Waals surface area (Å²) in [6.45, 7) is 1.67. The zero-order valence-corrected chi connectivity index (χ0v) is 12.3. The molecule has 1 aliphatic rings. The maximum atomic E-state index is 11.7. The van der Waals surface area contributed by atoms with E-state index in [-0.39, 0.29) is 11.7 Å². The highest BCUT2D eigenvalue weighted by molar-refractivity contribution is 7.91. The molecule has 0 aromatic heterocycles. The summed E-state index contributed by atoms with van der Waals surface area (Å²) in [6, 6.07) is 4.63. The molecule has 1 N–H and O–H groups in total. The third kappa shape index (κ3) is 2.92. The molecule has 2 atom stereocenters. The smallest absolute Gasteiger partial charge is 0.274 e. The number of rotatable bonds is 4. The normalized spacial score (nSPS) is 22.7. The Morgan fingerprint density at radius 2 is 2.05 bits per heavy atom. The maximum Gasteiger partial charge on any atom is 0.274 e. The number of sulfone groups is 1. The quantitative estimate of drug-likeness (QED) is 0.680. The van der Waals surface area contributed by atoms with E-state index in [0.717, 1.165) is 12.8 Å². The van der Waals surface area contributed by atoms with Crippen molar-refractivity contribution in [3.63, 3.8) is 0 Å². The summed E-state index contributed by atoms with van der Waals surface area (Å²) in [4.78, 5) is 10.5. The number of nitro benzene ring substituents is 1. The summed E-state index contributed by atoms with van der Waals surface area (Å²) in [5.41, 5.74) is 1.22. The lowest BCUT2D eigenvalue weighted by molar-refractivity contribution is -0.385. The molecule has 1 aromatic rings. The van der Waals surface area contributed by atoms with Crippen LogP contribution >= 0.6 is 0 Å². The van der Waals surface area contributed by atoms with E-state index >= 15 is 0 Å². The molecule has 20 heavy (non-hydrogen) atoms. The molecule has 0 aliphatic heterocycles. The zero-order chi connectivity index (χ0) is 14.9. The standard InChI is InChI=1S/C13H18N2O4S/c1-9-10(5-3-7-12(9)15(16)17)14-11-6-4-8-13(11)20(2,18)19/h3,5,7,11,13-14H,4,6,8H2,1-2H3. The molecule has 2 unspecified atom stereocenters. The molecule has 0 bridgehead atoms. The van der Waals surface area contributed by atoms with Crippen LogP contribution in [-0.2, 0) is 9.84 Å². The summed E-state index contributed by atoms with van der Waals surface area (Å²) >= 11 is 0. The molecule has 0 radical (unpaired) electrons. The van der Waals surface area contributed by atoms with Crippen LogP contribution in [0.3, 0.4) is 0 Å². The molecule has 1 saturated carbocycles. The zero-order valence-electron chi connectivity index (χ0n) is 11.5. The van der Waals surface area contributed by atoms with Crippen molar-refractivity contribution < 1.29 is 13.3 Å². The Morgan fingerprint density at radius 3 is 2.65 bits per heavy atom. The van der Waals surface area contributed by atoms with Crippen molar-refractivity contribution in [1.29, 1.82) is 0 Å². The molecule has 6 nitrogen and oxygen atoms in total. The minimum absolute atomic E-state index is 0.0453. The first-order chi connectivity index (χ1) is 9.30. The van der Waals surface area contributed by atoms with Crippen LogP contribution in [0.25, 0.3) is 0 Å². The topological polar surface area (TPSA) is 89.3 Å². The molecule has 0 amide bonds. The molecule has 110 valence electrons. The molecular weight excluding hydrogens is 280 g/mol. The minimum Gasteiger partial charge on any atom is -0.381 e. The van der Waals surface area contributed by atoms with Gasteiger partial charge in [0.1, 0.15) is 0 Å². The lowest BCUT2D eigenvalue weighted by atomic mass is 10.1.